The van der Waals surface area contributed by atoms with Crippen LogP contribution in [0.2, 0.25) is 0 Å². The van der Waals surface area contributed by atoms with Gasteiger partial charge in [-0.25, -0.2) is 0 Å². The molecule has 2 aromatic rings. The number of carbonyl (C=O) groups excluding carboxylic acids is 2. The quantitative estimate of drug-likeness (QED) is 0.829. The van der Waals surface area contributed by atoms with Gasteiger partial charge < -0.3 is 15.5 Å². The first-order chi connectivity index (χ1) is 12.6. The Labute approximate surface area is 166 Å². The normalized spacial score (nSPS) is 17.3. The molecule has 1 aliphatic rings. The van der Waals surface area contributed by atoms with Crippen LogP contribution in [0.25, 0.3) is 0 Å². The van der Waals surface area contributed by atoms with Crippen molar-refractivity contribution in [3.8, 4) is 0 Å². The molecule has 0 aromatic heterocycles. The van der Waals surface area contributed by atoms with E-state index < -0.39 is 6.04 Å². The van der Waals surface area contributed by atoms with Crippen LogP contribution in [0.15, 0.2) is 54.6 Å². The number of benzene rings is 2. The highest BCUT2D eigenvalue weighted by molar-refractivity contribution is 6.00. The van der Waals surface area contributed by atoms with Crippen molar-refractivity contribution >= 4 is 29.9 Å². The molecule has 1 heterocycles. The molecule has 0 fully saturated rings. The molecular weight excluding hydrogens is 362 g/mol. The Balaban J connectivity index is 0.00000261. The zero-order chi connectivity index (χ0) is 18.5. The predicted molar refractivity (Wildman–Crippen MR) is 110 cm³/mol. The summed E-state index contributed by atoms with van der Waals surface area (Å²) in [6.45, 7) is 2.28. The molecule has 2 amide bonds. The first-order valence-corrected chi connectivity index (χ1v) is 9.01. The average Bonchev–Trinajstić information content (AvgIpc) is 2.80. The number of halogens is 1. The van der Waals surface area contributed by atoms with E-state index in [-0.39, 0.29) is 30.3 Å². The minimum Gasteiger partial charge on any atom is -0.343 e. The lowest BCUT2D eigenvalue weighted by molar-refractivity contribution is -0.128. The largest absolute Gasteiger partial charge is 0.343 e. The van der Waals surface area contributed by atoms with Gasteiger partial charge in [0.15, 0.2) is 0 Å². The van der Waals surface area contributed by atoms with E-state index in [9.17, 15) is 9.59 Å². The number of hydrogen-bond donors (Lipinski definition) is 2. The second-order valence-electron chi connectivity index (χ2n) is 6.65. The number of anilines is 1. The number of carbonyl (C=O) groups is 2. The van der Waals surface area contributed by atoms with Gasteiger partial charge in [-0.15, -0.1) is 12.4 Å². The first kappa shape index (κ1) is 20.9. The molecule has 3 rings (SSSR count). The molecular formula is C21H26ClN3O2. The van der Waals surface area contributed by atoms with E-state index in [0.29, 0.717) is 13.0 Å². The van der Waals surface area contributed by atoms with Crippen molar-refractivity contribution in [3.05, 3.63) is 65.7 Å². The maximum atomic E-state index is 13.2. The van der Waals surface area contributed by atoms with Gasteiger partial charge in [-0.05, 0) is 44.0 Å². The highest BCUT2D eigenvalue weighted by atomic mass is 35.5. The number of likely N-dealkylation sites (N-methyl/N-ethyl adjacent to an activating group) is 1. The monoisotopic (exact) mass is 387 g/mol. The van der Waals surface area contributed by atoms with Gasteiger partial charge in [0.2, 0.25) is 11.8 Å². The molecule has 144 valence electrons. The van der Waals surface area contributed by atoms with Crippen LogP contribution in [0.4, 0.5) is 5.69 Å². The van der Waals surface area contributed by atoms with Crippen molar-refractivity contribution in [2.75, 3.05) is 11.9 Å². The third kappa shape index (κ3) is 4.87. The number of amides is 2. The molecule has 5 nitrogen and oxygen atoms in total. The van der Waals surface area contributed by atoms with Crippen LogP contribution in [0.5, 0.6) is 0 Å². The molecule has 2 N–H and O–H groups in total. The molecule has 0 aliphatic carbocycles. The molecule has 0 spiro atoms. The molecule has 27 heavy (non-hydrogen) atoms. The number of fused-ring (bicyclic) bond motifs is 1. The van der Waals surface area contributed by atoms with E-state index in [4.69, 9.17) is 0 Å². The fourth-order valence-corrected chi connectivity index (χ4v) is 3.21. The van der Waals surface area contributed by atoms with Crippen LogP contribution in [-0.2, 0) is 22.6 Å². The van der Waals surface area contributed by atoms with E-state index in [1.165, 1.54) is 0 Å². The average molecular weight is 388 g/mol. The maximum absolute atomic E-state index is 13.2. The van der Waals surface area contributed by atoms with E-state index >= 15 is 0 Å². The highest BCUT2D eigenvalue weighted by Gasteiger charge is 2.31. The summed E-state index contributed by atoms with van der Waals surface area (Å²) < 4.78 is 0. The lowest BCUT2D eigenvalue weighted by Crippen LogP contribution is -2.52. The van der Waals surface area contributed by atoms with Gasteiger partial charge in [-0.3, -0.25) is 9.59 Å². The standard InChI is InChI=1S/C21H25N3O2.ClH/c1-15(22-2)20(25)23-18-13-12-17-10-6-7-11-19(17)24(21(18)26)14-16-8-4-3-5-9-16;/h3-11,15,18,22H,12-14H2,1-2H3,(H,23,25);1H/t15-,18?;/m0./s1. The summed E-state index contributed by atoms with van der Waals surface area (Å²) in [7, 11) is 1.73. The molecule has 0 radical (unpaired) electrons. The van der Waals surface area contributed by atoms with Crippen LogP contribution >= 0.6 is 12.4 Å². The molecule has 0 saturated heterocycles. The zero-order valence-corrected chi connectivity index (χ0v) is 16.5. The number of nitrogens with one attached hydrogen (secondary N) is 2. The van der Waals surface area contributed by atoms with E-state index in [2.05, 4.69) is 16.7 Å². The summed E-state index contributed by atoms with van der Waals surface area (Å²) in [6, 6.07) is 17.0. The topological polar surface area (TPSA) is 61.4 Å². The Kier molecular flexibility index (Phi) is 7.39. The summed E-state index contributed by atoms with van der Waals surface area (Å²) in [4.78, 5) is 27.3. The van der Waals surface area contributed by atoms with Crippen molar-refractivity contribution in [2.45, 2.75) is 38.4 Å². The molecule has 1 aliphatic heterocycles. The van der Waals surface area contributed by atoms with Gasteiger partial charge in [0.1, 0.15) is 6.04 Å². The molecule has 0 bridgehead atoms. The van der Waals surface area contributed by atoms with Crippen LogP contribution in [0.1, 0.15) is 24.5 Å². The van der Waals surface area contributed by atoms with Crippen molar-refractivity contribution in [1.82, 2.24) is 10.6 Å². The van der Waals surface area contributed by atoms with Crippen LogP contribution in [0, 0.1) is 0 Å². The third-order valence-corrected chi connectivity index (χ3v) is 4.88. The van der Waals surface area contributed by atoms with Gasteiger partial charge in [-0.1, -0.05) is 48.5 Å². The van der Waals surface area contributed by atoms with Gasteiger partial charge in [0.25, 0.3) is 0 Å². The molecule has 2 aromatic carbocycles. The molecule has 0 saturated carbocycles. The van der Waals surface area contributed by atoms with E-state index in [0.717, 1.165) is 23.2 Å². The fourth-order valence-electron chi connectivity index (χ4n) is 3.21. The number of aryl methyl sites for hydroxylation is 1. The Bertz CT molecular complexity index is 782. The fraction of sp³-hybridized carbons (Fsp3) is 0.333. The number of rotatable bonds is 5. The molecule has 1 unspecified atom stereocenters. The Morgan fingerprint density at radius 1 is 1.15 bits per heavy atom. The Hall–Kier alpha value is -2.37. The highest BCUT2D eigenvalue weighted by Crippen LogP contribution is 2.28. The second-order valence-corrected chi connectivity index (χ2v) is 6.65. The summed E-state index contributed by atoms with van der Waals surface area (Å²) >= 11 is 0. The van der Waals surface area contributed by atoms with Crippen LogP contribution < -0.4 is 15.5 Å². The lowest BCUT2D eigenvalue weighted by atomic mass is 10.1. The van der Waals surface area contributed by atoms with Crippen molar-refractivity contribution in [2.24, 2.45) is 0 Å². The lowest BCUT2D eigenvalue weighted by Gasteiger charge is -2.27. The van der Waals surface area contributed by atoms with E-state index in [1.54, 1.807) is 18.9 Å². The SMILES string of the molecule is CN[C@@H](C)C(=O)NC1CCc2ccccc2N(Cc2ccccc2)C1=O.Cl. The first-order valence-electron chi connectivity index (χ1n) is 9.01. The van der Waals surface area contributed by atoms with Crippen LogP contribution in [0.3, 0.4) is 0 Å². The van der Waals surface area contributed by atoms with Crippen molar-refractivity contribution in [1.29, 1.82) is 0 Å². The number of nitrogens with zero attached hydrogens (tertiary/aromatic N) is 1. The summed E-state index contributed by atoms with van der Waals surface area (Å²) in [5.41, 5.74) is 3.13. The number of para-hydroxylation sites is 1. The summed E-state index contributed by atoms with van der Waals surface area (Å²) in [5.74, 6) is -0.216. The molecule has 2 atom stereocenters. The van der Waals surface area contributed by atoms with E-state index in [1.807, 2.05) is 48.5 Å². The Morgan fingerprint density at radius 2 is 1.81 bits per heavy atom. The third-order valence-electron chi connectivity index (χ3n) is 4.88. The summed E-state index contributed by atoms with van der Waals surface area (Å²) in [5, 5.41) is 5.83. The number of hydrogen-bond acceptors (Lipinski definition) is 3. The Morgan fingerprint density at radius 3 is 2.52 bits per heavy atom. The second kappa shape index (κ2) is 9.53. The van der Waals surface area contributed by atoms with Gasteiger partial charge in [-0.2, -0.15) is 0 Å². The minimum absolute atomic E-state index is 0. The minimum atomic E-state index is -0.519. The predicted octanol–water partition coefficient (Wildman–Crippen LogP) is 2.68. The van der Waals surface area contributed by atoms with Crippen molar-refractivity contribution in [3.63, 3.8) is 0 Å². The molecule has 6 heteroatoms. The summed E-state index contributed by atoms with van der Waals surface area (Å²) in [6.07, 6.45) is 1.36. The van der Waals surface area contributed by atoms with Gasteiger partial charge >= 0.3 is 0 Å². The van der Waals surface area contributed by atoms with Gasteiger partial charge in [0, 0.05) is 5.69 Å². The van der Waals surface area contributed by atoms with Crippen LogP contribution in [-0.4, -0.2) is 30.9 Å². The maximum Gasteiger partial charge on any atom is 0.249 e. The van der Waals surface area contributed by atoms with Crippen molar-refractivity contribution < 1.29 is 9.59 Å². The smallest absolute Gasteiger partial charge is 0.249 e. The zero-order valence-electron chi connectivity index (χ0n) is 15.6. The van der Waals surface area contributed by atoms with Gasteiger partial charge in [0.05, 0.1) is 12.6 Å².